The summed E-state index contributed by atoms with van der Waals surface area (Å²) in [6.07, 6.45) is 1.56. The van der Waals surface area contributed by atoms with Crippen molar-refractivity contribution in [1.82, 2.24) is 4.98 Å². The molecule has 0 atom stereocenters. The van der Waals surface area contributed by atoms with Gasteiger partial charge in [0.15, 0.2) is 5.13 Å². The first kappa shape index (κ1) is 28.0. The molecule has 0 bridgehead atoms. The zero-order valence-electron chi connectivity index (χ0n) is 21.9. The molecule has 4 aromatic rings. The maximum atomic E-state index is 13.4. The highest BCUT2D eigenvalue weighted by atomic mass is 32.2. The standard InChI is InChI=1S/C27H26N6O6S2/c1-38-23-10-6-5-9-21(23)31-41(36,37)25-17-20(33(34)35)11-12-22(25)30-28-18-24-26(19-7-3-2-4-8-19)29-27(40-24)32-13-15-39-16-14-32/h2-12,17-18,30-31H,13-16H2,1H3/b28-18-. The lowest BCUT2D eigenvalue weighted by Crippen LogP contribution is -2.36. The monoisotopic (exact) mass is 594 g/mol. The second-order valence-corrected chi connectivity index (χ2v) is 11.4. The molecule has 1 aromatic heterocycles. The molecule has 0 radical (unpaired) electrons. The second-order valence-electron chi connectivity index (χ2n) is 8.79. The number of anilines is 3. The fraction of sp³-hybridized carbons (Fsp3) is 0.185. The molecule has 12 nitrogen and oxygen atoms in total. The van der Waals surface area contributed by atoms with Crippen molar-refractivity contribution in [3.63, 3.8) is 0 Å². The van der Waals surface area contributed by atoms with Crippen LogP contribution in [-0.2, 0) is 14.8 Å². The minimum Gasteiger partial charge on any atom is -0.495 e. The first-order valence-corrected chi connectivity index (χ1v) is 14.8. The number of hydrogen-bond acceptors (Lipinski definition) is 11. The highest BCUT2D eigenvalue weighted by Crippen LogP contribution is 2.34. The highest BCUT2D eigenvalue weighted by molar-refractivity contribution is 7.93. The van der Waals surface area contributed by atoms with Gasteiger partial charge in [-0.3, -0.25) is 20.3 Å². The number of non-ortho nitro benzene ring substituents is 1. The predicted molar refractivity (Wildman–Crippen MR) is 159 cm³/mol. The van der Waals surface area contributed by atoms with Crippen LogP contribution in [0.5, 0.6) is 5.75 Å². The van der Waals surface area contributed by atoms with Gasteiger partial charge in [-0.1, -0.05) is 53.8 Å². The van der Waals surface area contributed by atoms with Gasteiger partial charge in [-0.2, -0.15) is 5.10 Å². The number of ether oxygens (including phenoxy) is 2. The van der Waals surface area contributed by atoms with Crippen molar-refractivity contribution in [2.45, 2.75) is 4.90 Å². The summed E-state index contributed by atoms with van der Waals surface area (Å²) in [7, 11) is -2.88. The van der Waals surface area contributed by atoms with Gasteiger partial charge in [0.25, 0.3) is 15.7 Å². The Balaban J connectivity index is 1.47. The molecule has 1 fully saturated rings. The zero-order valence-corrected chi connectivity index (χ0v) is 23.5. The van der Waals surface area contributed by atoms with Gasteiger partial charge in [0.1, 0.15) is 10.6 Å². The van der Waals surface area contributed by atoms with E-state index in [2.05, 4.69) is 20.1 Å². The molecule has 14 heteroatoms. The molecule has 0 amide bonds. The minimum atomic E-state index is -4.29. The van der Waals surface area contributed by atoms with Crippen molar-refractivity contribution < 1.29 is 22.8 Å². The van der Waals surface area contributed by atoms with Crippen LogP contribution in [0.3, 0.4) is 0 Å². The smallest absolute Gasteiger partial charge is 0.270 e. The number of hydrazone groups is 1. The van der Waals surface area contributed by atoms with Crippen molar-refractivity contribution >= 4 is 49.8 Å². The third kappa shape index (κ3) is 6.45. The number of morpholine rings is 1. The van der Waals surface area contributed by atoms with Crippen LogP contribution in [0.4, 0.5) is 22.2 Å². The molecule has 0 saturated carbocycles. The highest BCUT2D eigenvalue weighted by Gasteiger charge is 2.24. The van der Waals surface area contributed by atoms with E-state index in [0.29, 0.717) is 19.0 Å². The van der Waals surface area contributed by atoms with E-state index < -0.39 is 14.9 Å². The summed E-state index contributed by atoms with van der Waals surface area (Å²) in [6, 6.07) is 19.6. The van der Waals surface area contributed by atoms with E-state index in [1.807, 2.05) is 30.3 Å². The summed E-state index contributed by atoms with van der Waals surface area (Å²) in [6.45, 7) is 2.68. The Hall–Kier alpha value is -4.53. The molecule has 1 aliphatic rings. The number of para-hydroxylation sites is 2. The number of thiazole rings is 1. The lowest BCUT2D eigenvalue weighted by atomic mass is 10.1. The molecule has 1 saturated heterocycles. The molecular formula is C27H26N6O6S2. The van der Waals surface area contributed by atoms with Crippen molar-refractivity contribution in [2.75, 3.05) is 48.5 Å². The molecule has 1 aliphatic heterocycles. The summed E-state index contributed by atoms with van der Waals surface area (Å²) >= 11 is 1.45. The zero-order chi connectivity index (χ0) is 28.8. The van der Waals surface area contributed by atoms with Crippen LogP contribution in [0.25, 0.3) is 11.3 Å². The Labute approximate surface area is 240 Å². The number of methoxy groups -OCH3 is 1. The Morgan fingerprint density at radius 1 is 1.07 bits per heavy atom. The van der Waals surface area contributed by atoms with Crippen LogP contribution in [0.1, 0.15) is 4.88 Å². The SMILES string of the molecule is COc1ccccc1NS(=O)(=O)c1cc([N+](=O)[O-])ccc1N/N=C\c1sc(N2CCOCC2)nc1-c1ccccc1. The molecule has 3 aromatic carbocycles. The molecule has 41 heavy (non-hydrogen) atoms. The van der Waals surface area contributed by atoms with Crippen LogP contribution in [0.2, 0.25) is 0 Å². The van der Waals surface area contributed by atoms with E-state index in [4.69, 9.17) is 14.5 Å². The van der Waals surface area contributed by atoms with E-state index in [1.165, 1.54) is 36.6 Å². The normalized spacial score (nSPS) is 13.7. The van der Waals surface area contributed by atoms with Crippen molar-refractivity contribution in [2.24, 2.45) is 5.10 Å². The van der Waals surface area contributed by atoms with Gasteiger partial charge >= 0.3 is 0 Å². The quantitative estimate of drug-likeness (QED) is 0.150. The Morgan fingerprint density at radius 3 is 2.54 bits per heavy atom. The molecule has 0 aliphatic carbocycles. The van der Waals surface area contributed by atoms with E-state index in [9.17, 15) is 18.5 Å². The topological polar surface area (TPSA) is 148 Å². The number of nitrogens with zero attached hydrogens (tertiary/aromatic N) is 4. The molecule has 5 rings (SSSR count). The van der Waals surface area contributed by atoms with E-state index >= 15 is 0 Å². The average Bonchev–Trinajstić information content (AvgIpc) is 3.42. The number of nitro benzene ring substituents is 1. The Morgan fingerprint density at radius 2 is 1.80 bits per heavy atom. The van der Waals surface area contributed by atoms with Gasteiger partial charge in [-0.25, -0.2) is 13.4 Å². The van der Waals surface area contributed by atoms with Crippen LogP contribution >= 0.6 is 11.3 Å². The third-order valence-corrected chi connectivity index (χ3v) is 8.61. The summed E-state index contributed by atoms with van der Waals surface area (Å²) < 4.78 is 40.0. The fourth-order valence-corrected chi connectivity index (χ4v) is 6.39. The minimum absolute atomic E-state index is 0.0495. The van der Waals surface area contributed by atoms with Crippen molar-refractivity contribution in [3.8, 4) is 17.0 Å². The third-order valence-electron chi connectivity index (χ3n) is 6.15. The van der Waals surface area contributed by atoms with Crippen LogP contribution < -0.4 is 19.8 Å². The van der Waals surface area contributed by atoms with Crippen LogP contribution in [-0.4, -0.2) is 58.0 Å². The van der Waals surface area contributed by atoms with Gasteiger partial charge in [0.2, 0.25) is 0 Å². The van der Waals surface area contributed by atoms with Crippen molar-refractivity contribution in [3.05, 3.63) is 87.8 Å². The molecule has 0 unspecified atom stereocenters. The number of benzene rings is 3. The van der Waals surface area contributed by atoms with Crippen LogP contribution in [0, 0.1) is 10.1 Å². The number of sulfonamides is 1. The summed E-state index contributed by atoms with van der Waals surface area (Å²) in [4.78, 5) is 18.2. The second kappa shape index (κ2) is 12.3. The van der Waals surface area contributed by atoms with Crippen LogP contribution in [0.15, 0.2) is 82.8 Å². The summed E-state index contributed by atoms with van der Waals surface area (Å²) in [5.74, 6) is 0.295. The van der Waals surface area contributed by atoms with Gasteiger partial charge in [0.05, 0.1) is 53.4 Å². The molecule has 0 spiro atoms. The maximum Gasteiger partial charge on any atom is 0.270 e. The van der Waals surface area contributed by atoms with E-state index in [0.717, 1.165) is 40.4 Å². The fourth-order valence-electron chi connectivity index (χ4n) is 4.13. The first-order chi connectivity index (χ1) is 19.9. The van der Waals surface area contributed by atoms with Gasteiger partial charge in [0, 0.05) is 30.8 Å². The number of nitrogens with one attached hydrogen (secondary N) is 2. The number of nitro groups is 1. The van der Waals surface area contributed by atoms with Gasteiger partial charge in [-0.05, 0) is 18.2 Å². The van der Waals surface area contributed by atoms with E-state index in [-0.39, 0.29) is 22.0 Å². The Kier molecular flexibility index (Phi) is 8.42. The lowest BCUT2D eigenvalue weighted by Gasteiger charge is -2.26. The Bertz CT molecular complexity index is 1670. The number of rotatable bonds is 10. The van der Waals surface area contributed by atoms with Gasteiger partial charge in [-0.15, -0.1) is 0 Å². The maximum absolute atomic E-state index is 13.4. The number of hydrogen-bond donors (Lipinski definition) is 2. The molecule has 2 N–H and O–H groups in total. The molecular weight excluding hydrogens is 568 g/mol. The van der Waals surface area contributed by atoms with Gasteiger partial charge < -0.3 is 14.4 Å². The van der Waals surface area contributed by atoms with E-state index in [1.54, 1.807) is 24.4 Å². The lowest BCUT2D eigenvalue weighted by molar-refractivity contribution is -0.385. The summed E-state index contributed by atoms with van der Waals surface area (Å²) in [5.41, 5.74) is 4.25. The summed E-state index contributed by atoms with van der Waals surface area (Å²) in [5, 5.41) is 16.6. The largest absolute Gasteiger partial charge is 0.495 e. The first-order valence-electron chi connectivity index (χ1n) is 12.5. The predicted octanol–water partition coefficient (Wildman–Crippen LogP) is 4.81. The number of aromatic nitrogens is 1. The molecule has 212 valence electrons. The van der Waals surface area contributed by atoms with Crippen molar-refractivity contribution in [1.29, 1.82) is 0 Å². The molecule has 2 heterocycles. The average molecular weight is 595 g/mol.